The molecule has 8 heteroatoms. The number of hydrogen-bond donors (Lipinski definition) is 2. The van der Waals surface area contributed by atoms with Crippen LogP contribution in [0.1, 0.15) is 66.7 Å². The van der Waals surface area contributed by atoms with E-state index in [1.54, 1.807) is 0 Å². The van der Waals surface area contributed by atoms with E-state index in [1.807, 2.05) is 32.6 Å². The molecule has 0 atom stereocenters. The van der Waals surface area contributed by atoms with Crippen molar-refractivity contribution in [2.24, 2.45) is 10.9 Å². The molecule has 1 saturated carbocycles. The summed E-state index contributed by atoms with van der Waals surface area (Å²) >= 11 is 0. The molecule has 0 radical (unpaired) electrons. The summed E-state index contributed by atoms with van der Waals surface area (Å²) in [5.41, 5.74) is -1.05. The van der Waals surface area contributed by atoms with Gasteiger partial charge in [-0.3, -0.25) is 4.99 Å². The quantitative estimate of drug-likeness (QED) is 0.316. The number of nitrogens with one attached hydrogen (secondary N) is 1. The Hall–Kier alpha value is -0.770. The van der Waals surface area contributed by atoms with Crippen LogP contribution in [0.2, 0.25) is 0 Å². The Morgan fingerprint density at radius 3 is 2.34 bits per heavy atom. The summed E-state index contributed by atoms with van der Waals surface area (Å²) < 4.78 is 5.53. The molecule has 29 heavy (non-hydrogen) atoms. The van der Waals surface area contributed by atoms with E-state index >= 15 is 0 Å². The monoisotopic (exact) mass is 524 g/mol. The van der Waals surface area contributed by atoms with Gasteiger partial charge in [0.2, 0.25) is 0 Å². The fourth-order valence-corrected chi connectivity index (χ4v) is 3.69. The van der Waals surface area contributed by atoms with E-state index in [0.717, 1.165) is 64.2 Å². The molecular weight excluding hydrogens is 483 g/mol. The maximum absolute atomic E-state index is 12.4. The average molecular weight is 524 g/mol. The van der Waals surface area contributed by atoms with Crippen LogP contribution < -0.4 is 5.32 Å². The van der Waals surface area contributed by atoms with Crippen molar-refractivity contribution in [3.05, 3.63) is 0 Å². The van der Waals surface area contributed by atoms with Crippen LogP contribution in [0.3, 0.4) is 0 Å². The standard InChI is InChI=1S/C21H40N4O3.HI/c1-6-22-18(23-16-21(27)11-8-12-21)25-13-9-17(10-14-25)15-24(7-2)19(26)28-20(3,4)5;/h17,27H,6-16H2,1-5H3,(H,22,23);1H. The third kappa shape index (κ3) is 8.47. The van der Waals surface area contributed by atoms with Gasteiger partial charge in [0.05, 0.1) is 12.1 Å². The van der Waals surface area contributed by atoms with E-state index in [1.165, 1.54) is 0 Å². The zero-order chi connectivity index (χ0) is 20.8. The molecule has 0 unspecified atom stereocenters. The number of guanidine groups is 1. The van der Waals surface area contributed by atoms with Crippen LogP contribution in [0.4, 0.5) is 4.79 Å². The summed E-state index contributed by atoms with van der Waals surface area (Å²) in [6, 6.07) is 0. The van der Waals surface area contributed by atoms with Crippen molar-refractivity contribution >= 4 is 36.0 Å². The third-order valence-electron chi connectivity index (χ3n) is 5.57. The zero-order valence-electron chi connectivity index (χ0n) is 18.9. The van der Waals surface area contributed by atoms with Crippen LogP contribution in [-0.4, -0.2) is 77.4 Å². The second-order valence-corrected chi connectivity index (χ2v) is 9.20. The minimum atomic E-state index is -0.589. The summed E-state index contributed by atoms with van der Waals surface area (Å²) in [5, 5.41) is 13.7. The van der Waals surface area contributed by atoms with Crippen molar-refractivity contribution in [2.75, 3.05) is 39.3 Å². The fraction of sp³-hybridized carbons (Fsp3) is 0.905. The Balaban J connectivity index is 0.00000420. The van der Waals surface area contributed by atoms with Crippen LogP contribution in [0, 0.1) is 5.92 Å². The number of carbonyl (C=O) groups excluding carboxylic acids is 1. The number of rotatable bonds is 6. The van der Waals surface area contributed by atoms with Gasteiger partial charge in [-0.1, -0.05) is 0 Å². The topological polar surface area (TPSA) is 77.4 Å². The largest absolute Gasteiger partial charge is 0.444 e. The summed E-state index contributed by atoms with van der Waals surface area (Å²) in [6.45, 7) is 14.3. The summed E-state index contributed by atoms with van der Waals surface area (Å²) in [6.07, 6.45) is 4.63. The van der Waals surface area contributed by atoms with Gasteiger partial charge in [-0.05, 0) is 72.6 Å². The summed E-state index contributed by atoms with van der Waals surface area (Å²) in [4.78, 5) is 21.2. The van der Waals surface area contributed by atoms with Gasteiger partial charge in [-0.15, -0.1) is 24.0 Å². The maximum atomic E-state index is 12.4. The molecule has 1 amide bonds. The van der Waals surface area contributed by atoms with Crippen molar-refractivity contribution < 1.29 is 14.6 Å². The predicted octanol–water partition coefficient (Wildman–Crippen LogP) is 3.45. The molecule has 7 nitrogen and oxygen atoms in total. The van der Waals surface area contributed by atoms with Gasteiger partial charge >= 0.3 is 6.09 Å². The molecule has 0 aromatic carbocycles. The number of nitrogens with zero attached hydrogens (tertiary/aromatic N) is 3. The van der Waals surface area contributed by atoms with Gasteiger partial charge in [0.15, 0.2) is 5.96 Å². The number of aliphatic imine (C=N–C) groups is 1. The minimum absolute atomic E-state index is 0. The first-order valence-corrected chi connectivity index (χ1v) is 10.9. The van der Waals surface area contributed by atoms with Gasteiger partial charge in [-0.25, -0.2) is 4.79 Å². The van der Waals surface area contributed by atoms with E-state index in [4.69, 9.17) is 9.73 Å². The highest BCUT2D eigenvalue weighted by Crippen LogP contribution is 2.31. The normalized spacial score (nSPS) is 19.8. The lowest BCUT2D eigenvalue weighted by Gasteiger charge is -2.38. The Kier molecular flexibility index (Phi) is 10.5. The van der Waals surface area contributed by atoms with Crippen molar-refractivity contribution in [3.63, 3.8) is 0 Å². The van der Waals surface area contributed by atoms with Gasteiger partial charge in [0, 0.05) is 32.7 Å². The highest BCUT2D eigenvalue weighted by atomic mass is 127. The molecule has 0 bridgehead atoms. The second-order valence-electron chi connectivity index (χ2n) is 9.20. The molecule has 2 rings (SSSR count). The van der Waals surface area contributed by atoms with E-state index in [9.17, 15) is 9.90 Å². The lowest BCUT2D eigenvalue weighted by atomic mass is 9.80. The Morgan fingerprint density at radius 1 is 1.28 bits per heavy atom. The molecular formula is C21H41IN4O3. The van der Waals surface area contributed by atoms with Gasteiger partial charge in [0.1, 0.15) is 5.60 Å². The van der Waals surface area contributed by atoms with Gasteiger partial charge < -0.3 is 25.0 Å². The first kappa shape index (κ1) is 26.3. The number of halogens is 1. The Bertz CT molecular complexity index is 539. The van der Waals surface area contributed by atoms with Crippen molar-refractivity contribution in [1.82, 2.24) is 15.1 Å². The number of piperidine rings is 1. The number of amides is 1. The highest BCUT2D eigenvalue weighted by Gasteiger charge is 2.34. The SMILES string of the molecule is CCNC(=NCC1(O)CCC1)N1CCC(CN(CC)C(=O)OC(C)(C)C)CC1.I. The van der Waals surface area contributed by atoms with Crippen molar-refractivity contribution in [2.45, 2.75) is 77.9 Å². The van der Waals surface area contributed by atoms with E-state index in [0.29, 0.717) is 19.0 Å². The molecule has 0 aromatic heterocycles. The Labute approximate surface area is 193 Å². The van der Waals surface area contributed by atoms with Gasteiger partial charge in [-0.2, -0.15) is 0 Å². The lowest BCUT2D eigenvalue weighted by molar-refractivity contribution is -0.0238. The first-order valence-electron chi connectivity index (χ1n) is 10.9. The van der Waals surface area contributed by atoms with Crippen LogP contribution in [0.15, 0.2) is 4.99 Å². The number of carbonyl (C=O) groups is 1. The number of aliphatic hydroxyl groups is 1. The number of ether oxygens (including phenoxy) is 1. The molecule has 0 spiro atoms. The molecule has 2 fully saturated rings. The van der Waals surface area contributed by atoms with Crippen LogP contribution >= 0.6 is 24.0 Å². The van der Waals surface area contributed by atoms with Crippen molar-refractivity contribution in [1.29, 1.82) is 0 Å². The molecule has 2 N–H and O–H groups in total. The van der Waals surface area contributed by atoms with E-state index in [2.05, 4.69) is 17.1 Å². The van der Waals surface area contributed by atoms with E-state index in [-0.39, 0.29) is 30.1 Å². The zero-order valence-corrected chi connectivity index (χ0v) is 21.2. The van der Waals surface area contributed by atoms with Crippen LogP contribution in [0.25, 0.3) is 0 Å². The second kappa shape index (κ2) is 11.6. The average Bonchev–Trinajstić information content (AvgIpc) is 2.60. The van der Waals surface area contributed by atoms with Crippen LogP contribution in [0.5, 0.6) is 0 Å². The highest BCUT2D eigenvalue weighted by molar-refractivity contribution is 14.0. The molecule has 1 aliphatic heterocycles. The molecule has 1 saturated heterocycles. The Morgan fingerprint density at radius 2 is 1.90 bits per heavy atom. The first-order chi connectivity index (χ1) is 13.2. The molecule has 1 heterocycles. The molecule has 2 aliphatic rings. The summed E-state index contributed by atoms with van der Waals surface area (Å²) in [7, 11) is 0. The van der Waals surface area contributed by atoms with Crippen molar-refractivity contribution in [3.8, 4) is 0 Å². The number of likely N-dealkylation sites (tertiary alicyclic amines) is 1. The lowest BCUT2D eigenvalue weighted by Crippen LogP contribution is -2.49. The van der Waals surface area contributed by atoms with Gasteiger partial charge in [0.25, 0.3) is 0 Å². The smallest absolute Gasteiger partial charge is 0.410 e. The fourth-order valence-electron chi connectivity index (χ4n) is 3.69. The number of hydrogen-bond acceptors (Lipinski definition) is 4. The predicted molar refractivity (Wildman–Crippen MR) is 128 cm³/mol. The summed E-state index contributed by atoms with van der Waals surface area (Å²) in [5.74, 6) is 1.38. The maximum Gasteiger partial charge on any atom is 0.410 e. The minimum Gasteiger partial charge on any atom is -0.444 e. The molecule has 170 valence electrons. The van der Waals surface area contributed by atoms with E-state index < -0.39 is 11.2 Å². The third-order valence-corrected chi connectivity index (χ3v) is 5.57. The van der Waals surface area contributed by atoms with Crippen LogP contribution in [-0.2, 0) is 4.74 Å². The molecule has 1 aliphatic carbocycles. The molecule has 0 aromatic rings.